The number of nitrogens with zero attached hydrogens (tertiary/aromatic N) is 5. The molecule has 0 spiro atoms. The van der Waals surface area contributed by atoms with E-state index in [1.54, 1.807) is 7.05 Å². The molecule has 0 unspecified atom stereocenters. The van der Waals surface area contributed by atoms with Crippen LogP contribution < -0.4 is 10.6 Å². The predicted octanol–water partition coefficient (Wildman–Crippen LogP) is 3.13. The number of pyridine rings is 1. The van der Waals surface area contributed by atoms with Gasteiger partial charge in [-0.1, -0.05) is 36.4 Å². The number of benzene rings is 1. The number of rotatable bonds is 9. The van der Waals surface area contributed by atoms with E-state index in [-0.39, 0.29) is 0 Å². The minimum Gasteiger partial charge on any atom is -0.356 e. The molecule has 0 radical (unpaired) electrons. The molecule has 1 fully saturated rings. The highest BCUT2D eigenvalue weighted by Gasteiger charge is 2.18. The first-order valence-corrected chi connectivity index (χ1v) is 11.8. The fraction of sp³-hybridized carbons (Fsp3) is 0.480. The first-order chi connectivity index (χ1) is 15.8. The van der Waals surface area contributed by atoms with Crippen molar-refractivity contribution in [2.45, 2.75) is 38.6 Å². The number of hydrogen-bond acceptors (Lipinski definition) is 4. The fourth-order valence-electron chi connectivity index (χ4n) is 4.42. The summed E-state index contributed by atoms with van der Waals surface area (Å²) >= 11 is 0. The predicted molar refractivity (Wildman–Crippen MR) is 130 cm³/mol. The van der Waals surface area contributed by atoms with Crippen LogP contribution in [0.3, 0.4) is 0 Å². The zero-order chi connectivity index (χ0) is 22.0. The summed E-state index contributed by atoms with van der Waals surface area (Å²) in [5.74, 6) is 2.52. The summed E-state index contributed by atoms with van der Waals surface area (Å²) in [6.07, 6.45) is 8.20. The Morgan fingerprint density at radius 3 is 2.62 bits per heavy atom. The van der Waals surface area contributed by atoms with Crippen molar-refractivity contribution in [3.63, 3.8) is 0 Å². The third kappa shape index (κ3) is 6.29. The fourth-order valence-corrected chi connectivity index (χ4v) is 4.42. The van der Waals surface area contributed by atoms with Gasteiger partial charge >= 0.3 is 0 Å². The van der Waals surface area contributed by atoms with E-state index in [1.165, 1.54) is 50.9 Å². The van der Waals surface area contributed by atoms with Crippen molar-refractivity contribution in [3.05, 3.63) is 66.1 Å². The van der Waals surface area contributed by atoms with Crippen molar-refractivity contribution in [2.24, 2.45) is 10.9 Å². The average molecular weight is 434 g/mol. The Morgan fingerprint density at radius 2 is 1.81 bits per heavy atom. The summed E-state index contributed by atoms with van der Waals surface area (Å²) < 4.78 is 1.99. The molecule has 1 aliphatic heterocycles. The highest BCUT2D eigenvalue weighted by Crippen LogP contribution is 2.21. The number of guanidine groups is 1. The van der Waals surface area contributed by atoms with Crippen molar-refractivity contribution >= 4 is 11.6 Å². The Labute approximate surface area is 191 Å². The van der Waals surface area contributed by atoms with Crippen LogP contribution in [-0.4, -0.2) is 58.7 Å². The Balaban J connectivity index is 1.08. The normalized spacial score (nSPS) is 15.8. The second kappa shape index (κ2) is 11.6. The Hall–Kier alpha value is -2.93. The van der Waals surface area contributed by atoms with E-state index in [2.05, 4.69) is 61.1 Å². The number of aromatic nitrogens is 3. The molecular formula is C25H35N7. The molecule has 0 saturated carbocycles. The largest absolute Gasteiger partial charge is 0.356 e. The lowest BCUT2D eigenvalue weighted by Gasteiger charge is -2.32. The SMILES string of the molecule is CN=C(NCCCCN1CCC(Cc2ccccc2)CC1)NCc1nnc2ccccn12. The molecule has 2 N–H and O–H groups in total. The highest BCUT2D eigenvalue weighted by atomic mass is 15.3. The molecule has 0 atom stereocenters. The summed E-state index contributed by atoms with van der Waals surface area (Å²) in [6.45, 7) is 5.17. The van der Waals surface area contributed by atoms with E-state index in [0.29, 0.717) is 6.54 Å². The lowest BCUT2D eigenvalue weighted by molar-refractivity contribution is 0.181. The van der Waals surface area contributed by atoms with Gasteiger partial charge in [-0.15, -0.1) is 10.2 Å². The first-order valence-electron chi connectivity index (χ1n) is 11.8. The molecule has 1 aliphatic rings. The zero-order valence-corrected chi connectivity index (χ0v) is 19.1. The molecule has 2 aromatic heterocycles. The standard InChI is InChI=1S/C25H35N7/c1-26-25(28-20-24-30-29-23-11-5-7-16-32(23)24)27-14-6-8-15-31-17-12-22(13-18-31)19-21-9-3-2-4-10-21/h2-5,7,9-11,16,22H,6,8,12-15,17-20H2,1H3,(H2,26,27,28). The monoisotopic (exact) mass is 433 g/mol. The van der Waals surface area contributed by atoms with E-state index >= 15 is 0 Å². The summed E-state index contributed by atoms with van der Waals surface area (Å²) in [4.78, 5) is 6.95. The van der Waals surface area contributed by atoms with Crippen LogP contribution in [0.4, 0.5) is 0 Å². The summed E-state index contributed by atoms with van der Waals surface area (Å²) in [5, 5.41) is 15.2. The molecular weight excluding hydrogens is 398 g/mol. The molecule has 0 aliphatic carbocycles. The summed E-state index contributed by atoms with van der Waals surface area (Å²) in [6, 6.07) is 16.8. The van der Waals surface area contributed by atoms with Gasteiger partial charge < -0.3 is 15.5 Å². The van der Waals surface area contributed by atoms with Gasteiger partial charge in [0.15, 0.2) is 17.4 Å². The molecule has 1 saturated heterocycles. The molecule has 7 nitrogen and oxygen atoms in total. The third-order valence-electron chi connectivity index (χ3n) is 6.29. The number of fused-ring (bicyclic) bond motifs is 1. The molecule has 0 amide bonds. The van der Waals surface area contributed by atoms with Crippen molar-refractivity contribution in [3.8, 4) is 0 Å². The van der Waals surface area contributed by atoms with Crippen LogP contribution in [-0.2, 0) is 13.0 Å². The average Bonchev–Trinajstić information content (AvgIpc) is 3.26. The van der Waals surface area contributed by atoms with Crippen molar-refractivity contribution in [1.82, 2.24) is 30.1 Å². The molecule has 32 heavy (non-hydrogen) atoms. The molecule has 7 heteroatoms. The minimum absolute atomic E-state index is 0.586. The lowest BCUT2D eigenvalue weighted by Crippen LogP contribution is -2.38. The number of hydrogen-bond donors (Lipinski definition) is 2. The van der Waals surface area contributed by atoms with Crippen molar-refractivity contribution < 1.29 is 0 Å². The lowest BCUT2D eigenvalue weighted by atomic mass is 9.90. The maximum atomic E-state index is 4.32. The minimum atomic E-state index is 0.586. The Morgan fingerprint density at radius 1 is 1.00 bits per heavy atom. The Kier molecular flexibility index (Phi) is 8.09. The number of piperidine rings is 1. The Bertz CT molecular complexity index is 974. The van der Waals surface area contributed by atoms with Crippen LogP contribution in [0.1, 0.15) is 37.1 Å². The molecule has 4 rings (SSSR count). The quantitative estimate of drug-likeness (QED) is 0.308. The van der Waals surface area contributed by atoms with Crippen molar-refractivity contribution in [1.29, 1.82) is 0 Å². The van der Waals surface area contributed by atoms with E-state index in [9.17, 15) is 0 Å². The van der Waals surface area contributed by atoms with Gasteiger partial charge in [0.05, 0.1) is 6.54 Å². The van der Waals surface area contributed by atoms with E-state index in [4.69, 9.17) is 0 Å². The van der Waals surface area contributed by atoms with Crippen LogP contribution in [0.5, 0.6) is 0 Å². The molecule has 3 heterocycles. The highest BCUT2D eigenvalue weighted by molar-refractivity contribution is 5.79. The second-order valence-electron chi connectivity index (χ2n) is 8.58. The van der Waals surface area contributed by atoms with Gasteiger partial charge in [0, 0.05) is 19.8 Å². The van der Waals surface area contributed by atoms with E-state index in [1.807, 2.05) is 28.8 Å². The van der Waals surface area contributed by atoms with Crippen LogP contribution in [0, 0.1) is 5.92 Å². The van der Waals surface area contributed by atoms with E-state index in [0.717, 1.165) is 36.3 Å². The van der Waals surface area contributed by atoms with Gasteiger partial charge in [-0.3, -0.25) is 9.39 Å². The van der Waals surface area contributed by atoms with Gasteiger partial charge in [-0.05, 0) is 75.4 Å². The van der Waals surface area contributed by atoms with Gasteiger partial charge in [-0.2, -0.15) is 0 Å². The van der Waals surface area contributed by atoms with E-state index < -0.39 is 0 Å². The molecule has 0 bridgehead atoms. The van der Waals surface area contributed by atoms with Gasteiger partial charge in [0.2, 0.25) is 0 Å². The third-order valence-corrected chi connectivity index (χ3v) is 6.29. The maximum absolute atomic E-state index is 4.32. The number of likely N-dealkylation sites (tertiary alicyclic amines) is 1. The first kappa shape index (κ1) is 22.3. The van der Waals surface area contributed by atoms with Crippen molar-refractivity contribution in [2.75, 3.05) is 33.2 Å². The second-order valence-corrected chi connectivity index (χ2v) is 8.58. The van der Waals surface area contributed by atoms with Crippen LogP contribution in [0.15, 0.2) is 59.7 Å². The summed E-state index contributed by atoms with van der Waals surface area (Å²) in [5.41, 5.74) is 2.34. The molecule has 170 valence electrons. The maximum Gasteiger partial charge on any atom is 0.191 e. The van der Waals surface area contributed by atoms with Crippen LogP contribution >= 0.6 is 0 Å². The number of nitrogens with one attached hydrogen (secondary N) is 2. The van der Waals surface area contributed by atoms with Gasteiger partial charge in [0.1, 0.15) is 0 Å². The van der Waals surface area contributed by atoms with Crippen LogP contribution in [0.2, 0.25) is 0 Å². The van der Waals surface area contributed by atoms with Gasteiger partial charge in [-0.25, -0.2) is 0 Å². The molecule has 3 aromatic rings. The van der Waals surface area contributed by atoms with Gasteiger partial charge in [0.25, 0.3) is 0 Å². The smallest absolute Gasteiger partial charge is 0.191 e. The van der Waals surface area contributed by atoms with Crippen LogP contribution in [0.25, 0.3) is 5.65 Å². The molecule has 1 aromatic carbocycles. The topological polar surface area (TPSA) is 69.8 Å². The summed E-state index contributed by atoms with van der Waals surface area (Å²) in [7, 11) is 1.80. The number of unbranched alkanes of at least 4 members (excludes halogenated alkanes) is 1. The zero-order valence-electron chi connectivity index (χ0n) is 19.1. The number of aliphatic imine (C=N–C) groups is 1.